The minimum Gasteiger partial charge on any atom is -0.388 e. The van der Waals surface area contributed by atoms with Crippen LogP contribution in [0.3, 0.4) is 0 Å². The van der Waals surface area contributed by atoms with Crippen LogP contribution in [0.2, 0.25) is 0 Å². The van der Waals surface area contributed by atoms with Crippen molar-refractivity contribution in [2.75, 3.05) is 13.2 Å². The highest BCUT2D eigenvalue weighted by Gasteiger charge is 2.45. The summed E-state index contributed by atoms with van der Waals surface area (Å²) in [6, 6.07) is 0. The van der Waals surface area contributed by atoms with Crippen LogP contribution in [0.15, 0.2) is 0 Å². The third-order valence-electron chi connectivity index (χ3n) is 3.04. The second-order valence-corrected chi connectivity index (χ2v) is 4.50. The van der Waals surface area contributed by atoms with E-state index < -0.39 is 49.2 Å². The summed E-state index contributed by atoms with van der Waals surface area (Å²) in [5.41, 5.74) is 0. The molecule has 7 atom stereocenters. The lowest BCUT2D eigenvalue weighted by molar-refractivity contribution is -0.309. The zero-order valence-corrected chi connectivity index (χ0v) is 9.86. The molecule has 6 N–H and O–H groups in total. The van der Waals surface area contributed by atoms with Gasteiger partial charge in [0.25, 0.3) is 6.29 Å². The van der Waals surface area contributed by atoms with E-state index in [2.05, 4.69) is 0 Å². The first kappa shape index (κ1) is 15.0. The molecular formula is C10H17O9. The SMILES string of the molecule is O[C@@H]1[C@@H](O)[C@H](O[C]2OC[C@H](O)[C@H](O)[C@H]2O)OC[C@@H]1O. The van der Waals surface area contributed by atoms with Crippen LogP contribution in [-0.2, 0) is 14.2 Å². The molecule has 2 fully saturated rings. The van der Waals surface area contributed by atoms with E-state index in [0.29, 0.717) is 0 Å². The summed E-state index contributed by atoms with van der Waals surface area (Å²) in [7, 11) is 0. The molecule has 0 amide bonds. The normalized spacial score (nSPS) is 49.3. The number of rotatable bonds is 2. The predicted molar refractivity (Wildman–Crippen MR) is 56.1 cm³/mol. The average molecular weight is 281 g/mol. The summed E-state index contributed by atoms with van der Waals surface area (Å²) in [5, 5.41) is 56.6. The third kappa shape index (κ3) is 3.05. The van der Waals surface area contributed by atoms with Crippen molar-refractivity contribution in [3.63, 3.8) is 0 Å². The number of hydrogen-bond acceptors (Lipinski definition) is 9. The Balaban J connectivity index is 1.94. The van der Waals surface area contributed by atoms with E-state index in [4.69, 9.17) is 14.2 Å². The first-order valence-electron chi connectivity index (χ1n) is 5.78. The van der Waals surface area contributed by atoms with Crippen molar-refractivity contribution in [2.24, 2.45) is 0 Å². The quantitative estimate of drug-likeness (QED) is 0.298. The van der Waals surface area contributed by atoms with Gasteiger partial charge in [0.2, 0.25) is 0 Å². The van der Waals surface area contributed by atoms with Gasteiger partial charge in [-0.2, -0.15) is 0 Å². The summed E-state index contributed by atoms with van der Waals surface area (Å²) < 4.78 is 14.9. The lowest BCUT2D eigenvalue weighted by Crippen LogP contribution is -2.56. The van der Waals surface area contributed by atoms with Crippen LogP contribution in [0.1, 0.15) is 0 Å². The Kier molecular flexibility index (Phi) is 4.71. The number of hydrogen-bond donors (Lipinski definition) is 6. The van der Waals surface area contributed by atoms with Crippen molar-refractivity contribution in [1.29, 1.82) is 0 Å². The van der Waals surface area contributed by atoms with E-state index in [0.717, 1.165) is 0 Å². The van der Waals surface area contributed by atoms with Gasteiger partial charge in [-0.15, -0.1) is 0 Å². The van der Waals surface area contributed by atoms with E-state index in [-0.39, 0.29) is 13.2 Å². The van der Waals surface area contributed by atoms with Crippen molar-refractivity contribution >= 4 is 0 Å². The minimum absolute atomic E-state index is 0.266. The summed E-state index contributed by atoms with van der Waals surface area (Å²) in [6.45, 7) is -0.557. The third-order valence-corrected chi connectivity index (χ3v) is 3.04. The highest BCUT2D eigenvalue weighted by Crippen LogP contribution is 2.27. The van der Waals surface area contributed by atoms with Gasteiger partial charge in [0.15, 0.2) is 6.29 Å². The first-order valence-corrected chi connectivity index (χ1v) is 5.78. The Morgan fingerprint density at radius 2 is 1.47 bits per heavy atom. The molecule has 0 aromatic carbocycles. The van der Waals surface area contributed by atoms with Gasteiger partial charge >= 0.3 is 0 Å². The van der Waals surface area contributed by atoms with E-state index >= 15 is 0 Å². The Morgan fingerprint density at radius 3 is 2.16 bits per heavy atom. The van der Waals surface area contributed by atoms with Gasteiger partial charge < -0.3 is 44.8 Å². The number of ether oxygens (including phenoxy) is 3. The van der Waals surface area contributed by atoms with Gasteiger partial charge in [0, 0.05) is 0 Å². The van der Waals surface area contributed by atoms with Crippen LogP contribution in [0.4, 0.5) is 0 Å². The van der Waals surface area contributed by atoms with Gasteiger partial charge in [-0.1, -0.05) is 0 Å². The van der Waals surface area contributed by atoms with Crippen molar-refractivity contribution in [1.82, 2.24) is 0 Å². The molecule has 9 nitrogen and oxygen atoms in total. The van der Waals surface area contributed by atoms with Gasteiger partial charge in [-0.25, -0.2) is 0 Å². The van der Waals surface area contributed by atoms with Crippen molar-refractivity contribution in [3.8, 4) is 0 Å². The monoisotopic (exact) mass is 281 g/mol. The molecule has 0 unspecified atom stereocenters. The van der Waals surface area contributed by atoms with Crippen LogP contribution in [0, 0.1) is 6.29 Å². The maximum absolute atomic E-state index is 9.62. The van der Waals surface area contributed by atoms with Gasteiger partial charge in [0.05, 0.1) is 13.2 Å². The standard InChI is InChI=1S/C10H17O9/c11-3-1-17-9(7(15)5(3)13)19-10-8(16)6(14)4(12)2-18-10/h3-9,11-16H,1-2H2/t3-,4-,5-,6-,7+,8+,9-/m0/s1. The summed E-state index contributed by atoms with van der Waals surface area (Å²) >= 11 is 0. The smallest absolute Gasteiger partial charge is 0.258 e. The molecule has 0 bridgehead atoms. The molecule has 0 saturated carbocycles. The number of aliphatic hydroxyl groups excluding tert-OH is 6. The largest absolute Gasteiger partial charge is 0.388 e. The molecule has 0 aromatic heterocycles. The number of aliphatic hydroxyl groups is 6. The molecule has 2 aliphatic rings. The highest BCUT2D eigenvalue weighted by atomic mass is 16.8. The van der Waals surface area contributed by atoms with Gasteiger partial charge in [-0.05, 0) is 0 Å². The highest BCUT2D eigenvalue weighted by molar-refractivity contribution is 4.94. The molecule has 0 spiro atoms. The van der Waals surface area contributed by atoms with Crippen LogP contribution in [0.25, 0.3) is 0 Å². The van der Waals surface area contributed by atoms with E-state index in [1.165, 1.54) is 0 Å². The maximum Gasteiger partial charge on any atom is 0.258 e. The molecule has 0 aromatic rings. The summed E-state index contributed by atoms with van der Waals surface area (Å²) in [4.78, 5) is 0. The lowest BCUT2D eigenvalue weighted by atomic mass is 10.0. The van der Waals surface area contributed by atoms with E-state index in [9.17, 15) is 30.6 Å². The van der Waals surface area contributed by atoms with Gasteiger partial charge in [-0.3, -0.25) is 0 Å². The Morgan fingerprint density at radius 1 is 0.842 bits per heavy atom. The summed E-state index contributed by atoms with van der Waals surface area (Å²) in [5.74, 6) is 0. The second kappa shape index (κ2) is 5.95. The van der Waals surface area contributed by atoms with Crippen LogP contribution in [-0.4, -0.2) is 86.8 Å². The van der Waals surface area contributed by atoms with E-state index in [1.54, 1.807) is 0 Å². The molecule has 2 aliphatic heterocycles. The molecule has 19 heavy (non-hydrogen) atoms. The average Bonchev–Trinajstić information content (AvgIpc) is 2.39. The van der Waals surface area contributed by atoms with E-state index in [1.807, 2.05) is 0 Å². The molecule has 9 heteroatoms. The first-order chi connectivity index (χ1) is 8.91. The Hall–Kier alpha value is -0.360. The minimum atomic E-state index is -1.61. The molecule has 1 radical (unpaired) electrons. The Bertz CT molecular complexity index is 273. The predicted octanol–water partition coefficient (Wildman–Crippen LogP) is -3.96. The van der Waals surface area contributed by atoms with Crippen molar-refractivity contribution < 1.29 is 44.8 Å². The van der Waals surface area contributed by atoms with Crippen molar-refractivity contribution in [2.45, 2.75) is 42.9 Å². The fraction of sp³-hybridized carbons (Fsp3) is 0.900. The molecule has 0 aliphatic carbocycles. The summed E-state index contributed by atoms with van der Waals surface area (Å²) in [6.07, 6.45) is -10.4. The molecular weight excluding hydrogens is 264 g/mol. The van der Waals surface area contributed by atoms with Crippen LogP contribution >= 0.6 is 0 Å². The second-order valence-electron chi connectivity index (χ2n) is 4.50. The maximum atomic E-state index is 9.62. The zero-order chi connectivity index (χ0) is 14.2. The molecule has 2 rings (SSSR count). The Labute approximate surface area is 108 Å². The lowest BCUT2D eigenvalue weighted by Gasteiger charge is -2.39. The fourth-order valence-corrected chi connectivity index (χ4v) is 1.80. The zero-order valence-electron chi connectivity index (χ0n) is 9.86. The van der Waals surface area contributed by atoms with Gasteiger partial charge in [0.1, 0.15) is 36.6 Å². The van der Waals surface area contributed by atoms with Crippen molar-refractivity contribution in [3.05, 3.63) is 6.29 Å². The van der Waals surface area contributed by atoms with Crippen LogP contribution < -0.4 is 0 Å². The molecule has 111 valence electrons. The molecule has 2 heterocycles. The molecule has 2 saturated heterocycles. The topological polar surface area (TPSA) is 149 Å². The van der Waals surface area contributed by atoms with Crippen LogP contribution in [0.5, 0.6) is 0 Å². The fourth-order valence-electron chi connectivity index (χ4n) is 1.80.